The first-order valence-electron chi connectivity index (χ1n) is 8.78. The van der Waals surface area contributed by atoms with Crippen LogP contribution in [0, 0.1) is 0 Å². The molecule has 1 aliphatic rings. The second-order valence-corrected chi connectivity index (χ2v) is 6.64. The Labute approximate surface area is 155 Å². The molecule has 0 amide bonds. The predicted octanol–water partition coefficient (Wildman–Crippen LogP) is 3.98. The number of nitrogens with zero attached hydrogens (tertiary/aromatic N) is 2. The summed E-state index contributed by atoms with van der Waals surface area (Å²) in [5.41, 5.74) is 5.21. The molecule has 6 heteroatoms. The molecule has 5 rings (SSSR count). The number of para-hydroxylation sites is 3. The Bertz CT molecular complexity index is 1230. The number of methoxy groups -OCH3 is 1. The van der Waals surface area contributed by atoms with Gasteiger partial charge in [-0.1, -0.05) is 30.3 Å². The van der Waals surface area contributed by atoms with Gasteiger partial charge in [-0.3, -0.25) is 4.57 Å². The number of ether oxygens (including phenoxy) is 1. The van der Waals surface area contributed by atoms with E-state index in [-0.39, 0.29) is 12.0 Å². The summed E-state index contributed by atoms with van der Waals surface area (Å²) in [5.74, 6) is 0.371. The van der Waals surface area contributed by atoms with Crippen molar-refractivity contribution in [1.82, 2.24) is 14.5 Å². The number of rotatable bonds is 2. The van der Waals surface area contributed by atoms with E-state index in [1.165, 1.54) is 7.11 Å². The highest BCUT2D eigenvalue weighted by molar-refractivity contribution is 5.96. The molecule has 1 aliphatic heterocycles. The van der Waals surface area contributed by atoms with Crippen LogP contribution in [0.2, 0.25) is 0 Å². The molecular weight excluding hydrogens is 340 g/mol. The maximum Gasteiger partial charge on any atom is 0.337 e. The number of hydrogen-bond acceptors (Lipinski definition) is 4. The topological polar surface area (TPSA) is 71.9 Å². The molecule has 2 N–H and O–H groups in total. The number of H-pyrrole nitrogens is 1. The van der Waals surface area contributed by atoms with Crippen molar-refractivity contribution < 1.29 is 9.53 Å². The fourth-order valence-electron chi connectivity index (χ4n) is 3.95. The maximum absolute atomic E-state index is 12.7. The lowest BCUT2D eigenvalue weighted by atomic mass is 9.94. The van der Waals surface area contributed by atoms with Gasteiger partial charge in [-0.25, -0.2) is 9.78 Å². The molecule has 0 fully saturated rings. The van der Waals surface area contributed by atoms with E-state index in [4.69, 9.17) is 9.72 Å². The van der Waals surface area contributed by atoms with Crippen molar-refractivity contribution in [1.29, 1.82) is 0 Å². The first-order chi connectivity index (χ1) is 13.2. The smallest absolute Gasteiger partial charge is 0.337 e. The monoisotopic (exact) mass is 358 g/mol. The van der Waals surface area contributed by atoms with E-state index in [0.29, 0.717) is 5.57 Å². The van der Waals surface area contributed by atoms with Crippen molar-refractivity contribution >= 4 is 33.9 Å². The van der Waals surface area contributed by atoms with Crippen LogP contribution in [0.1, 0.15) is 18.5 Å². The molecule has 0 radical (unpaired) electrons. The van der Waals surface area contributed by atoms with Crippen LogP contribution in [0.25, 0.3) is 21.9 Å². The minimum absolute atomic E-state index is 0.336. The Kier molecular flexibility index (Phi) is 3.33. The molecule has 2 aromatic carbocycles. The van der Waals surface area contributed by atoms with Gasteiger partial charge < -0.3 is 15.0 Å². The zero-order valence-corrected chi connectivity index (χ0v) is 15.0. The number of benzene rings is 2. The van der Waals surface area contributed by atoms with Gasteiger partial charge in [0.2, 0.25) is 5.95 Å². The molecule has 134 valence electrons. The van der Waals surface area contributed by atoms with Crippen molar-refractivity contribution in [3.63, 3.8) is 0 Å². The number of aromatic nitrogens is 3. The highest BCUT2D eigenvalue weighted by atomic mass is 16.5. The second kappa shape index (κ2) is 5.74. The third-order valence-corrected chi connectivity index (χ3v) is 5.15. The minimum atomic E-state index is -0.348. The van der Waals surface area contributed by atoms with Crippen molar-refractivity contribution in [2.75, 3.05) is 12.4 Å². The number of esters is 1. The van der Waals surface area contributed by atoms with Crippen LogP contribution < -0.4 is 5.32 Å². The highest BCUT2D eigenvalue weighted by Crippen LogP contribution is 2.41. The number of aromatic amines is 1. The number of carbonyl (C=O) groups is 1. The van der Waals surface area contributed by atoms with Crippen LogP contribution in [-0.2, 0) is 9.53 Å². The van der Waals surface area contributed by atoms with E-state index in [1.807, 2.05) is 55.6 Å². The first kappa shape index (κ1) is 15.7. The summed E-state index contributed by atoms with van der Waals surface area (Å²) in [6.45, 7) is 1.89. The fourth-order valence-corrected chi connectivity index (χ4v) is 3.95. The zero-order chi connectivity index (χ0) is 18.5. The summed E-state index contributed by atoms with van der Waals surface area (Å²) in [7, 11) is 1.41. The summed E-state index contributed by atoms with van der Waals surface area (Å²) in [5, 5.41) is 4.35. The van der Waals surface area contributed by atoms with Crippen LogP contribution in [-0.4, -0.2) is 27.6 Å². The maximum atomic E-state index is 12.7. The van der Waals surface area contributed by atoms with Gasteiger partial charge in [-0.2, -0.15) is 0 Å². The number of allylic oxidation sites excluding steroid dienone is 1. The lowest BCUT2D eigenvalue weighted by Crippen LogP contribution is -2.28. The van der Waals surface area contributed by atoms with E-state index >= 15 is 0 Å². The SMILES string of the molecule is COC(=O)C1=C(C)Nc2nc3ccccc3n2[C@H]1c1c[nH]c2ccccc12. The van der Waals surface area contributed by atoms with E-state index in [0.717, 1.165) is 39.1 Å². The minimum Gasteiger partial charge on any atom is -0.466 e. The molecule has 0 bridgehead atoms. The lowest BCUT2D eigenvalue weighted by molar-refractivity contribution is -0.136. The zero-order valence-electron chi connectivity index (χ0n) is 15.0. The third kappa shape index (κ3) is 2.19. The number of fused-ring (bicyclic) bond motifs is 4. The Hall–Kier alpha value is -3.54. The van der Waals surface area contributed by atoms with Gasteiger partial charge in [-0.15, -0.1) is 0 Å². The average Bonchev–Trinajstić information content (AvgIpc) is 3.27. The summed E-state index contributed by atoms with van der Waals surface area (Å²) in [6, 6.07) is 15.7. The van der Waals surface area contributed by atoms with Crippen LogP contribution in [0.3, 0.4) is 0 Å². The van der Waals surface area contributed by atoms with Gasteiger partial charge >= 0.3 is 5.97 Å². The number of hydrogen-bond donors (Lipinski definition) is 2. The number of carbonyl (C=O) groups excluding carboxylic acids is 1. The molecule has 6 nitrogen and oxygen atoms in total. The van der Waals surface area contributed by atoms with E-state index in [1.54, 1.807) is 0 Å². The quantitative estimate of drug-likeness (QED) is 0.532. The summed E-state index contributed by atoms with van der Waals surface area (Å²) in [6.07, 6.45) is 1.97. The molecule has 3 heterocycles. The second-order valence-electron chi connectivity index (χ2n) is 6.64. The average molecular weight is 358 g/mol. The molecule has 0 saturated carbocycles. The van der Waals surface area contributed by atoms with E-state index in [2.05, 4.69) is 20.9 Å². The molecule has 2 aromatic heterocycles. The molecule has 0 aliphatic carbocycles. The van der Waals surface area contributed by atoms with Crippen molar-refractivity contribution in [3.05, 3.63) is 71.6 Å². The van der Waals surface area contributed by atoms with Gasteiger partial charge in [0.1, 0.15) is 0 Å². The molecule has 0 unspecified atom stereocenters. The fraction of sp³-hybridized carbons (Fsp3) is 0.143. The van der Waals surface area contributed by atoms with Crippen LogP contribution in [0.4, 0.5) is 5.95 Å². The largest absolute Gasteiger partial charge is 0.466 e. The number of imidazole rings is 1. The van der Waals surface area contributed by atoms with Crippen molar-refractivity contribution in [2.24, 2.45) is 0 Å². The van der Waals surface area contributed by atoms with Crippen LogP contribution in [0.5, 0.6) is 0 Å². The molecular formula is C21H18N4O2. The number of nitrogens with one attached hydrogen (secondary N) is 2. The van der Waals surface area contributed by atoms with E-state index in [9.17, 15) is 4.79 Å². The van der Waals surface area contributed by atoms with Gasteiger partial charge in [0, 0.05) is 28.4 Å². The number of anilines is 1. The van der Waals surface area contributed by atoms with Gasteiger partial charge in [-0.05, 0) is 25.1 Å². The van der Waals surface area contributed by atoms with Crippen molar-refractivity contribution in [3.8, 4) is 0 Å². The highest BCUT2D eigenvalue weighted by Gasteiger charge is 2.35. The Morgan fingerprint density at radius 1 is 1.15 bits per heavy atom. The van der Waals surface area contributed by atoms with Crippen molar-refractivity contribution in [2.45, 2.75) is 13.0 Å². The normalized spacial score (nSPS) is 16.4. The van der Waals surface area contributed by atoms with Crippen LogP contribution in [0.15, 0.2) is 66.0 Å². The molecule has 27 heavy (non-hydrogen) atoms. The lowest BCUT2D eigenvalue weighted by Gasteiger charge is -2.29. The molecule has 0 saturated heterocycles. The Balaban J connectivity index is 1.86. The van der Waals surface area contributed by atoms with Gasteiger partial charge in [0.15, 0.2) is 0 Å². The molecule has 0 spiro atoms. The summed E-state index contributed by atoms with van der Waals surface area (Å²) >= 11 is 0. The Morgan fingerprint density at radius 3 is 2.78 bits per heavy atom. The summed E-state index contributed by atoms with van der Waals surface area (Å²) in [4.78, 5) is 20.8. The van der Waals surface area contributed by atoms with Gasteiger partial charge in [0.25, 0.3) is 0 Å². The summed E-state index contributed by atoms with van der Waals surface area (Å²) < 4.78 is 7.20. The molecule has 4 aromatic rings. The molecule has 1 atom stereocenters. The third-order valence-electron chi connectivity index (χ3n) is 5.15. The standard InChI is InChI=1S/C21H18N4O2/c1-12-18(20(26)27-2)19(14-11-22-15-8-4-3-7-13(14)15)25-17-10-6-5-9-16(17)24-21(25)23-12/h3-11,19,22H,1-2H3,(H,23,24)/t19-/m0/s1. The first-order valence-corrected chi connectivity index (χ1v) is 8.78. The van der Waals surface area contributed by atoms with Crippen LogP contribution >= 0.6 is 0 Å². The predicted molar refractivity (Wildman–Crippen MR) is 105 cm³/mol. The Morgan fingerprint density at radius 2 is 1.93 bits per heavy atom. The van der Waals surface area contributed by atoms with E-state index < -0.39 is 0 Å². The van der Waals surface area contributed by atoms with Gasteiger partial charge in [0.05, 0.1) is 29.8 Å².